The van der Waals surface area contributed by atoms with Crippen LogP contribution in [-0.2, 0) is 4.79 Å². The molecule has 1 aliphatic carbocycles. The Kier molecular flexibility index (Phi) is 5.35. The fourth-order valence-corrected chi connectivity index (χ4v) is 5.11. The number of fused-ring (bicyclic) bond motifs is 1. The molecule has 34 heavy (non-hydrogen) atoms. The maximum absolute atomic E-state index is 13.6. The zero-order valence-corrected chi connectivity index (χ0v) is 20.4. The van der Waals surface area contributed by atoms with E-state index in [0.717, 1.165) is 5.70 Å². The van der Waals surface area contributed by atoms with Crippen molar-refractivity contribution >= 4 is 23.2 Å². The molecule has 2 atom stereocenters. The number of hydrogen-bond donors (Lipinski definition) is 0. The lowest BCUT2D eigenvalue weighted by Gasteiger charge is -2.44. The van der Waals surface area contributed by atoms with Crippen molar-refractivity contribution < 1.29 is 28.3 Å². The molecule has 180 valence electrons. The van der Waals surface area contributed by atoms with Crippen LogP contribution in [0.4, 0.5) is 0 Å². The number of carbonyl (C=O) groups is 2. The van der Waals surface area contributed by atoms with E-state index >= 15 is 0 Å². The predicted octanol–water partition coefficient (Wildman–Crippen LogP) is 3.77. The summed E-state index contributed by atoms with van der Waals surface area (Å²) in [4.78, 5) is 33.6. The van der Waals surface area contributed by atoms with E-state index in [2.05, 4.69) is 15.0 Å². The normalized spacial score (nSPS) is 24.3. The number of allylic oxidation sites excluding steroid dienone is 1. The molecule has 1 spiro atoms. The molecule has 3 heterocycles. The minimum absolute atomic E-state index is 0.117. The van der Waals surface area contributed by atoms with Crippen LogP contribution in [0, 0.1) is 5.92 Å². The first kappa shape index (κ1) is 22.7. The summed E-state index contributed by atoms with van der Waals surface area (Å²) in [7, 11) is 2.90. The fourth-order valence-electron chi connectivity index (χ4n) is 4.84. The topological polar surface area (TPSA) is 104 Å². The molecule has 1 fully saturated rings. The van der Waals surface area contributed by atoms with Gasteiger partial charge in [-0.2, -0.15) is 4.98 Å². The minimum atomic E-state index is -1.67. The van der Waals surface area contributed by atoms with Gasteiger partial charge in [-0.1, -0.05) is 37.5 Å². The Morgan fingerprint density at radius 1 is 1.21 bits per heavy atom. The Morgan fingerprint density at radius 3 is 2.50 bits per heavy atom. The van der Waals surface area contributed by atoms with Crippen LogP contribution in [0.25, 0.3) is 0 Å². The van der Waals surface area contributed by atoms with Crippen molar-refractivity contribution in [2.24, 2.45) is 5.92 Å². The molecule has 0 amide bonds. The van der Waals surface area contributed by atoms with E-state index in [4.69, 9.17) is 30.3 Å². The Bertz CT molecular complexity index is 1220. The quantitative estimate of drug-likeness (QED) is 0.583. The maximum Gasteiger partial charge on any atom is 0.236 e. The number of nitrogens with zero attached hydrogens (tertiary/aromatic N) is 3. The van der Waals surface area contributed by atoms with Gasteiger partial charge in [0.05, 0.1) is 20.1 Å². The van der Waals surface area contributed by atoms with Crippen LogP contribution < -0.4 is 14.2 Å². The van der Waals surface area contributed by atoms with Crippen molar-refractivity contribution in [1.82, 2.24) is 15.0 Å². The number of ether oxygens (including phenoxy) is 3. The van der Waals surface area contributed by atoms with Crippen LogP contribution in [0.3, 0.4) is 0 Å². The van der Waals surface area contributed by atoms with E-state index in [9.17, 15) is 9.59 Å². The fraction of sp³-hybridized carbons (Fsp3) is 0.500. The Balaban J connectivity index is 1.39. The van der Waals surface area contributed by atoms with Gasteiger partial charge in [0.25, 0.3) is 0 Å². The van der Waals surface area contributed by atoms with Gasteiger partial charge in [0, 0.05) is 42.8 Å². The van der Waals surface area contributed by atoms with Crippen molar-refractivity contribution in [1.29, 1.82) is 0 Å². The second-order valence-corrected chi connectivity index (χ2v) is 9.70. The number of likely N-dealkylation sites (tertiary alicyclic amines) is 1. The highest BCUT2D eigenvalue weighted by molar-refractivity contribution is 6.36. The molecule has 1 aromatic heterocycles. The Labute approximate surface area is 202 Å². The first-order valence-corrected chi connectivity index (χ1v) is 11.6. The number of methoxy groups -OCH3 is 2. The zero-order chi connectivity index (χ0) is 24.4. The molecule has 0 saturated carbocycles. The first-order valence-electron chi connectivity index (χ1n) is 11.2. The molecule has 5 rings (SSSR count). The van der Waals surface area contributed by atoms with Crippen LogP contribution in [0.5, 0.6) is 17.2 Å². The third-order valence-corrected chi connectivity index (χ3v) is 7.26. The molecule has 0 unspecified atom stereocenters. The molecular formula is C24H26ClN3O6. The summed E-state index contributed by atoms with van der Waals surface area (Å²) in [5.74, 6) is 1.07. The van der Waals surface area contributed by atoms with Crippen LogP contribution in [0.15, 0.2) is 22.4 Å². The second-order valence-electron chi connectivity index (χ2n) is 9.32. The number of carbonyl (C=O) groups excluding carboxylic acids is 2. The van der Waals surface area contributed by atoms with Gasteiger partial charge in [-0.3, -0.25) is 9.59 Å². The van der Waals surface area contributed by atoms with Crippen LogP contribution in [-0.4, -0.2) is 59.5 Å². The SMILES string of the molecule is COc1cc(OC)c2c(c1Cl)O[C@@]1(C(=O)C=C(N3CC(c4nc(C(C)C)no4)C3)C[C@H]1C)C2=O. The zero-order valence-electron chi connectivity index (χ0n) is 19.7. The minimum Gasteiger partial charge on any atom is -0.496 e. The van der Waals surface area contributed by atoms with Gasteiger partial charge in [0.2, 0.25) is 23.1 Å². The third-order valence-electron chi connectivity index (χ3n) is 6.90. The molecular weight excluding hydrogens is 462 g/mol. The average Bonchev–Trinajstić information content (AvgIpc) is 3.37. The summed E-state index contributed by atoms with van der Waals surface area (Å²) in [6.07, 6.45) is 2.02. The van der Waals surface area contributed by atoms with Gasteiger partial charge in [-0.05, 0) is 6.42 Å². The highest BCUT2D eigenvalue weighted by atomic mass is 35.5. The van der Waals surface area contributed by atoms with Gasteiger partial charge in [-0.25, -0.2) is 0 Å². The summed E-state index contributed by atoms with van der Waals surface area (Å²) in [6.45, 7) is 7.22. The number of aromatic nitrogens is 2. The van der Waals surface area contributed by atoms with E-state index in [1.54, 1.807) is 0 Å². The average molecular weight is 488 g/mol. The monoisotopic (exact) mass is 487 g/mol. The molecule has 9 nitrogen and oxygen atoms in total. The number of halogens is 1. The molecule has 0 radical (unpaired) electrons. The summed E-state index contributed by atoms with van der Waals surface area (Å²) in [5.41, 5.74) is -0.629. The summed E-state index contributed by atoms with van der Waals surface area (Å²) in [6, 6.07) is 1.53. The molecule has 0 bridgehead atoms. The molecule has 2 aliphatic heterocycles. The van der Waals surface area contributed by atoms with Crippen LogP contribution in [0.1, 0.15) is 61.1 Å². The second kappa shape index (κ2) is 8.01. The standard InChI is InChI=1S/C24H26ClN3O6/c1-11(2)22-26-23(34-27-22)13-9-28(10-13)14-6-12(3)24(17(29)7-14)21(30)18-15(31-4)8-16(32-5)19(25)20(18)33-24/h7-8,11-13H,6,9-10H2,1-5H3/t12-,24+/m1/s1. The van der Waals surface area contributed by atoms with Gasteiger partial charge >= 0.3 is 0 Å². The largest absolute Gasteiger partial charge is 0.496 e. The molecule has 10 heteroatoms. The lowest BCUT2D eigenvalue weighted by Crippen LogP contribution is -2.56. The number of benzene rings is 1. The van der Waals surface area contributed by atoms with Crippen LogP contribution >= 0.6 is 11.6 Å². The number of hydrogen-bond acceptors (Lipinski definition) is 9. The van der Waals surface area contributed by atoms with Crippen molar-refractivity contribution in [3.05, 3.63) is 40.1 Å². The Hall–Kier alpha value is -3.07. The molecule has 3 aliphatic rings. The van der Waals surface area contributed by atoms with Gasteiger partial charge in [0.15, 0.2) is 11.6 Å². The van der Waals surface area contributed by atoms with E-state index in [-0.39, 0.29) is 33.9 Å². The number of Topliss-reactive ketones (excluding diaryl/α,β-unsaturated/α-hetero) is 1. The van der Waals surface area contributed by atoms with Crippen molar-refractivity contribution in [3.8, 4) is 17.2 Å². The lowest BCUT2D eigenvalue weighted by molar-refractivity contribution is -0.129. The van der Waals surface area contributed by atoms with Crippen molar-refractivity contribution in [3.63, 3.8) is 0 Å². The molecule has 1 saturated heterocycles. The van der Waals surface area contributed by atoms with Crippen molar-refractivity contribution in [2.75, 3.05) is 27.3 Å². The number of rotatable bonds is 5. The number of ketones is 2. The molecule has 2 aromatic rings. The molecule has 0 N–H and O–H groups in total. The third kappa shape index (κ3) is 3.13. The molecule has 1 aromatic carbocycles. The van der Waals surface area contributed by atoms with Gasteiger partial charge in [0.1, 0.15) is 22.1 Å². The van der Waals surface area contributed by atoms with E-state index in [1.807, 2.05) is 20.8 Å². The Morgan fingerprint density at radius 2 is 1.91 bits per heavy atom. The van der Waals surface area contributed by atoms with E-state index in [0.29, 0.717) is 37.0 Å². The van der Waals surface area contributed by atoms with Crippen LogP contribution in [0.2, 0.25) is 5.02 Å². The highest BCUT2D eigenvalue weighted by Crippen LogP contribution is 2.53. The summed E-state index contributed by atoms with van der Waals surface area (Å²) < 4.78 is 22.2. The lowest BCUT2D eigenvalue weighted by atomic mass is 9.73. The van der Waals surface area contributed by atoms with Gasteiger partial charge < -0.3 is 23.6 Å². The smallest absolute Gasteiger partial charge is 0.236 e. The maximum atomic E-state index is 13.6. The summed E-state index contributed by atoms with van der Waals surface area (Å²) in [5, 5.41) is 4.18. The van der Waals surface area contributed by atoms with E-state index < -0.39 is 23.1 Å². The van der Waals surface area contributed by atoms with Crippen molar-refractivity contribution in [2.45, 2.75) is 44.6 Å². The predicted molar refractivity (Wildman–Crippen MR) is 122 cm³/mol. The highest BCUT2D eigenvalue weighted by Gasteiger charge is 2.60. The first-order chi connectivity index (χ1) is 16.2. The van der Waals surface area contributed by atoms with E-state index in [1.165, 1.54) is 26.4 Å². The van der Waals surface area contributed by atoms with Gasteiger partial charge in [-0.15, -0.1) is 0 Å². The summed E-state index contributed by atoms with van der Waals surface area (Å²) >= 11 is 6.44.